The Morgan fingerprint density at radius 2 is 1.81 bits per heavy atom. The van der Waals surface area contributed by atoms with Crippen molar-refractivity contribution in [3.63, 3.8) is 0 Å². The van der Waals surface area contributed by atoms with Gasteiger partial charge in [-0.05, 0) is 50.8 Å². The van der Waals surface area contributed by atoms with E-state index < -0.39 is 27.4 Å². The molecular weight excluding hydrogens is 368 g/mol. The number of benzene rings is 1. The van der Waals surface area contributed by atoms with Crippen molar-refractivity contribution in [1.82, 2.24) is 9.62 Å². The second kappa shape index (κ2) is 7.98. The molecule has 2 fully saturated rings. The lowest BCUT2D eigenvalue weighted by molar-refractivity contribution is -0.150. The van der Waals surface area contributed by atoms with Gasteiger partial charge in [-0.2, -0.15) is 4.31 Å². The first-order chi connectivity index (χ1) is 12.9. The van der Waals surface area contributed by atoms with Gasteiger partial charge in [0, 0.05) is 18.7 Å². The molecule has 1 aliphatic carbocycles. The lowest BCUT2D eigenvalue weighted by Crippen LogP contribution is -2.53. The lowest BCUT2D eigenvalue weighted by atomic mass is 9.97. The minimum absolute atomic E-state index is 0.105. The zero-order valence-electron chi connectivity index (χ0n) is 15.6. The quantitative estimate of drug-likeness (QED) is 0.746. The Hall–Kier alpha value is -1.93. The fourth-order valence-corrected chi connectivity index (χ4v) is 5.36. The summed E-state index contributed by atoms with van der Waals surface area (Å²) in [6.45, 7) is 2.99. The third kappa shape index (κ3) is 4.01. The number of amides is 1. The Labute approximate surface area is 160 Å². The molecule has 1 saturated carbocycles. The summed E-state index contributed by atoms with van der Waals surface area (Å²) >= 11 is 0. The highest BCUT2D eigenvalue weighted by Crippen LogP contribution is 2.31. The minimum Gasteiger partial charge on any atom is -0.464 e. The van der Waals surface area contributed by atoms with Gasteiger partial charge in [0.05, 0.1) is 11.5 Å². The van der Waals surface area contributed by atoms with Crippen LogP contribution in [0.5, 0.6) is 0 Å². The number of carbonyl (C=O) groups excluding carboxylic acids is 2. The van der Waals surface area contributed by atoms with Gasteiger partial charge in [-0.25, -0.2) is 13.2 Å². The molecule has 0 atom stereocenters. The molecule has 1 amide bonds. The van der Waals surface area contributed by atoms with Crippen molar-refractivity contribution >= 4 is 21.9 Å². The van der Waals surface area contributed by atoms with E-state index in [1.54, 1.807) is 19.1 Å². The highest BCUT2D eigenvalue weighted by atomic mass is 32.2. The topological polar surface area (TPSA) is 92.8 Å². The predicted octanol–water partition coefficient (Wildman–Crippen LogP) is 2.08. The van der Waals surface area contributed by atoms with Gasteiger partial charge in [-0.1, -0.05) is 18.9 Å². The number of ether oxygens (including phenoxy) is 1. The van der Waals surface area contributed by atoms with Crippen molar-refractivity contribution in [2.45, 2.75) is 55.9 Å². The van der Waals surface area contributed by atoms with E-state index in [0.717, 1.165) is 25.7 Å². The molecule has 148 valence electrons. The zero-order chi connectivity index (χ0) is 19.5. The Morgan fingerprint density at radius 3 is 2.44 bits per heavy atom. The van der Waals surface area contributed by atoms with Crippen LogP contribution in [0.1, 0.15) is 55.8 Å². The maximum absolute atomic E-state index is 12.8. The van der Waals surface area contributed by atoms with Gasteiger partial charge in [-0.15, -0.1) is 0 Å². The van der Waals surface area contributed by atoms with Crippen LogP contribution >= 0.6 is 0 Å². The highest BCUT2D eigenvalue weighted by Gasteiger charge is 2.44. The van der Waals surface area contributed by atoms with E-state index in [1.165, 1.54) is 16.4 Å². The third-order valence-corrected chi connectivity index (χ3v) is 7.17. The summed E-state index contributed by atoms with van der Waals surface area (Å²) in [7, 11) is -3.60. The first-order valence-electron chi connectivity index (χ1n) is 9.49. The fourth-order valence-electron chi connectivity index (χ4n) is 3.79. The number of esters is 1. The predicted molar refractivity (Wildman–Crippen MR) is 99.7 cm³/mol. The Balaban J connectivity index is 1.82. The molecule has 8 heteroatoms. The first kappa shape index (κ1) is 19.8. The number of hydrogen-bond donors (Lipinski definition) is 1. The van der Waals surface area contributed by atoms with E-state index in [0.29, 0.717) is 25.9 Å². The van der Waals surface area contributed by atoms with Crippen molar-refractivity contribution in [1.29, 1.82) is 0 Å². The van der Waals surface area contributed by atoms with Gasteiger partial charge in [-0.3, -0.25) is 4.79 Å². The van der Waals surface area contributed by atoms with Crippen LogP contribution in [-0.4, -0.2) is 49.8 Å². The molecule has 1 heterocycles. The van der Waals surface area contributed by atoms with E-state index in [4.69, 9.17) is 4.74 Å². The summed E-state index contributed by atoms with van der Waals surface area (Å²) in [5.74, 6) is -0.875. The van der Waals surface area contributed by atoms with Crippen LogP contribution < -0.4 is 5.32 Å². The van der Waals surface area contributed by atoms with E-state index in [1.807, 2.05) is 0 Å². The molecule has 27 heavy (non-hydrogen) atoms. The molecular formula is C19H26N2O5S. The summed E-state index contributed by atoms with van der Waals surface area (Å²) in [6, 6.07) is 6.01. The molecule has 0 aromatic heterocycles. The number of rotatable bonds is 6. The maximum Gasteiger partial charge on any atom is 0.331 e. The highest BCUT2D eigenvalue weighted by molar-refractivity contribution is 7.89. The summed E-state index contributed by atoms with van der Waals surface area (Å²) in [5, 5.41) is 2.82. The molecule has 0 bridgehead atoms. The molecule has 1 N–H and O–H groups in total. The van der Waals surface area contributed by atoms with Crippen LogP contribution in [0.3, 0.4) is 0 Å². The van der Waals surface area contributed by atoms with Gasteiger partial charge < -0.3 is 10.1 Å². The number of carbonyl (C=O) groups is 2. The van der Waals surface area contributed by atoms with Crippen molar-refractivity contribution < 1.29 is 22.7 Å². The van der Waals surface area contributed by atoms with Crippen molar-refractivity contribution in [2.24, 2.45) is 0 Å². The summed E-state index contributed by atoms with van der Waals surface area (Å²) in [6.07, 6.45) is 4.43. The number of nitrogens with one attached hydrogen (secondary N) is 1. The number of hydrogen-bond acceptors (Lipinski definition) is 5. The lowest BCUT2D eigenvalue weighted by Gasteiger charge is -2.27. The summed E-state index contributed by atoms with van der Waals surface area (Å²) in [5.41, 5.74) is -0.789. The molecule has 1 saturated heterocycles. The molecule has 3 rings (SSSR count). The standard InChI is InChI=1S/C19H26N2O5S/c1-2-26-18(23)19(10-3-4-11-19)20-17(22)15-8-7-9-16(14-15)27(24,25)21-12-5-6-13-21/h7-9,14H,2-6,10-13H2,1H3,(H,20,22). The third-order valence-electron chi connectivity index (χ3n) is 5.28. The van der Waals surface area contributed by atoms with Gasteiger partial charge in [0.15, 0.2) is 0 Å². The molecule has 2 aliphatic rings. The van der Waals surface area contributed by atoms with Gasteiger partial charge in [0.2, 0.25) is 10.0 Å². The minimum atomic E-state index is -3.60. The van der Waals surface area contributed by atoms with Crippen LogP contribution in [-0.2, 0) is 19.6 Å². The van der Waals surface area contributed by atoms with E-state index in [9.17, 15) is 18.0 Å². The molecule has 0 spiro atoms. The summed E-state index contributed by atoms with van der Waals surface area (Å²) < 4.78 is 32.1. The van der Waals surface area contributed by atoms with Gasteiger partial charge in [0.1, 0.15) is 5.54 Å². The largest absolute Gasteiger partial charge is 0.464 e. The molecule has 7 nitrogen and oxygen atoms in total. The molecule has 1 aromatic carbocycles. The maximum atomic E-state index is 12.8. The van der Waals surface area contributed by atoms with E-state index in [2.05, 4.69) is 5.32 Å². The normalized spacial score (nSPS) is 19.7. The number of nitrogens with zero attached hydrogens (tertiary/aromatic N) is 1. The van der Waals surface area contributed by atoms with Crippen molar-refractivity contribution in [2.75, 3.05) is 19.7 Å². The van der Waals surface area contributed by atoms with E-state index in [-0.39, 0.29) is 17.1 Å². The zero-order valence-corrected chi connectivity index (χ0v) is 16.4. The SMILES string of the molecule is CCOC(=O)C1(NC(=O)c2cccc(S(=O)(=O)N3CCCC3)c2)CCCC1. The van der Waals surface area contributed by atoms with Crippen LogP contribution in [0.2, 0.25) is 0 Å². The first-order valence-corrected chi connectivity index (χ1v) is 10.9. The van der Waals surface area contributed by atoms with Gasteiger partial charge >= 0.3 is 5.97 Å². The fraction of sp³-hybridized carbons (Fsp3) is 0.579. The second-order valence-corrected chi connectivity index (χ2v) is 9.04. The Kier molecular flexibility index (Phi) is 5.86. The molecule has 0 radical (unpaired) electrons. The van der Waals surface area contributed by atoms with Crippen molar-refractivity contribution in [3.05, 3.63) is 29.8 Å². The molecule has 0 unspecified atom stereocenters. The van der Waals surface area contributed by atoms with Crippen molar-refractivity contribution in [3.8, 4) is 0 Å². The Bertz CT molecular complexity index is 809. The van der Waals surface area contributed by atoms with E-state index >= 15 is 0 Å². The van der Waals surface area contributed by atoms with Crippen LogP contribution in [0.4, 0.5) is 0 Å². The second-order valence-electron chi connectivity index (χ2n) is 7.10. The number of sulfonamides is 1. The van der Waals surface area contributed by atoms with Crippen LogP contribution in [0.25, 0.3) is 0 Å². The smallest absolute Gasteiger partial charge is 0.331 e. The average molecular weight is 394 g/mol. The van der Waals surface area contributed by atoms with Crippen LogP contribution in [0, 0.1) is 0 Å². The molecule has 1 aliphatic heterocycles. The van der Waals surface area contributed by atoms with Crippen LogP contribution in [0.15, 0.2) is 29.2 Å². The molecule has 1 aromatic rings. The summed E-state index contributed by atoms with van der Waals surface area (Å²) in [4.78, 5) is 25.3. The van der Waals surface area contributed by atoms with Gasteiger partial charge in [0.25, 0.3) is 5.91 Å². The Morgan fingerprint density at radius 1 is 1.15 bits per heavy atom. The monoisotopic (exact) mass is 394 g/mol. The average Bonchev–Trinajstić information content (AvgIpc) is 3.35.